The van der Waals surface area contributed by atoms with Gasteiger partial charge in [0.25, 0.3) is 0 Å². The smallest absolute Gasteiger partial charge is 0.411 e. The van der Waals surface area contributed by atoms with E-state index in [4.69, 9.17) is 4.42 Å². The van der Waals surface area contributed by atoms with Crippen molar-refractivity contribution in [3.8, 4) is 0 Å². The van der Waals surface area contributed by atoms with Gasteiger partial charge in [-0.2, -0.15) is 13.2 Å². The maximum Gasteiger partial charge on any atom is 0.411 e. The summed E-state index contributed by atoms with van der Waals surface area (Å²) in [6.07, 6.45) is -4.39. The Hall–Kier alpha value is -2.29. The number of urea groups is 1. The molecule has 0 aliphatic heterocycles. The molecule has 0 aliphatic rings. The number of nitrogens with zero attached hydrogens (tertiary/aromatic N) is 1. The molecule has 2 rings (SSSR count). The minimum Gasteiger partial charge on any atom is -0.440 e. The molecule has 0 unspecified atom stereocenters. The average Bonchev–Trinajstić information content (AvgIpc) is 2.88. The normalized spacial score (nSPS) is 13.7. The fraction of sp³-hybridized carbons (Fsp3) is 0.529. The van der Waals surface area contributed by atoms with Crippen molar-refractivity contribution in [2.45, 2.75) is 45.3 Å². The SMILES string of the molecule is C[C@H](COCC(F)(F)F)NC(=O)Nc1ccc2oc(C(C)(C)C)nc2c1. The number of oxazole rings is 1. The third-order valence-electron chi connectivity index (χ3n) is 3.30. The van der Waals surface area contributed by atoms with Crippen LogP contribution in [-0.4, -0.2) is 36.4 Å². The van der Waals surface area contributed by atoms with Gasteiger partial charge in [-0.3, -0.25) is 0 Å². The van der Waals surface area contributed by atoms with Crippen LogP contribution in [0.25, 0.3) is 11.1 Å². The quantitative estimate of drug-likeness (QED) is 0.823. The number of nitrogens with one attached hydrogen (secondary N) is 2. The van der Waals surface area contributed by atoms with Crippen LogP contribution in [-0.2, 0) is 10.2 Å². The molecule has 1 aromatic heterocycles. The van der Waals surface area contributed by atoms with Crippen LogP contribution in [0, 0.1) is 0 Å². The van der Waals surface area contributed by atoms with Crippen LogP contribution < -0.4 is 10.6 Å². The third-order valence-corrected chi connectivity index (χ3v) is 3.30. The number of carbonyl (C=O) groups is 1. The lowest BCUT2D eigenvalue weighted by molar-refractivity contribution is -0.174. The zero-order valence-electron chi connectivity index (χ0n) is 15.0. The van der Waals surface area contributed by atoms with Crippen LogP contribution >= 0.6 is 0 Å². The molecule has 9 heteroatoms. The van der Waals surface area contributed by atoms with Crippen LogP contribution in [0.15, 0.2) is 22.6 Å². The Morgan fingerprint density at radius 3 is 2.62 bits per heavy atom. The number of rotatable bonds is 5. The summed E-state index contributed by atoms with van der Waals surface area (Å²) in [5.41, 5.74) is 1.46. The van der Waals surface area contributed by atoms with Gasteiger partial charge in [-0.1, -0.05) is 20.8 Å². The Bertz CT molecular complexity index is 766. The van der Waals surface area contributed by atoms with E-state index >= 15 is 0 Å². The van der Waals surface area contributed by atoms with Crippen LogP contribution in [0.5, 0.6) is 0 Å². The first-order valence-corrected chi connectivity index (χ1v) is 8.07. The summed E-state index contributed by atoms with van der Waals surface area (Å²) in [4.78, 5) is 16.4. The summed E-state index contributed by atoms with van der Waals surface area (Å²) < 4.78 is 46.3. The molecule has 0 spiro atoms. The number of halogens is 3. The van der Waals surface area contributed by atoms with E-state index in [-0.39, 0.29) is 12.0 Å². The summed E-state index contributed by atoms with van der Waals surface area (Å²) in [5.74, 6) is 0.588. The van der Waals surface area contributed by atoms with Gasteiger partial charge < -0.3 is 19.8 Å². The largest absolute Gasteiger partial charge is 0.440 e. The van der Waals surface area contributed by atoms with Gasteiger partial charge in [0, 0.05) is 11.1 Å². The van der Waals surface area contributed by atoms with E-state index in [0.29, 0.717) is 22.7 Å². The predicted octanol–water partition coefficient (Wildman–Crippen LogP) is 4.21. The Labute approximate surface area is 149 Å². The lowest BCUT2D eigenvalue weighted by atomic mass is 9.97. The zero-order chi connectivity index (χ0) is 19.5. The molecule has 0 bridgehead atoms. The molecule has 2 N–H and O–H groups in total. The average molecular weight is 373 g/mol. The van der Waals surface area contributed by atoms with Gasteiger partial charge in [-0.25, -0.2) is 9.78 Å². The highest BCUT2D eigenvalue weighted by Gasteiger charge is 2.27. The van der Waals surface area contributed by atoms with E-state index in [1.807, 2.05) is 20.8 Å². The van der Waals surface area contributed by atoms with Crippen molar-refractivity contribution in [2.24, 2.45) is 0 Å². The number of fused-ring (bicyclic) bond motifs is 1. The van der Waals surface area contributed by atoms with Crippen molar-refractivity contribution >= 4 is 22.8 Å². The van der Waals surface area contributed by atoms with E-state index in [2.05, 4.69) is 20.4 Å². The maximum absolute atomic E-state index is 12.0. The molecule has 2 aromatic rings. The molecule has 1 aromatic carbocycles. The number of hydrogen-bond donors (Lipinski definition) is 2. The number of carbonyl (C=O) groups excluding carboxylic acids is 1. The van der Waals surface area contributed by atoms with Crippen molar-refractivity contribution in [2.75, 3.05) is 18.5 Å². The molecule has 1 heterocycles. The Morgan fingerprint density at radius 2 is 2.00 bits per heavy atom. The second-order valence-electron chi connectivity index (χ2n) is 7.08. The van der Waals surface area contributed by atoms with E-state index in [1.54, 1.807) is 25.1 Å². The molecular weight excluding hydrogens is 351 g/mol. The second kappa shape index (κ2) is 7.53. The lowest BCUT2D eigenvalue weighted by Gasteiger charge is -2.15. The second-order valence-corrected chi connectivity index (χ2v) is 7.08. The number of amides is 2. The maximum atomic E-state index is 12.0. The fourth-order valence-electron chi connectivity index (χ4n) is 2.11. The summed E-state index contributed by atoms with van der Waals surface area (Å²) in [7, 11) is 0. The molecule has 0 radical (unpaired) electrons. The van der Waals surface area contributed by atoms with Crippen LogP contribution in [0.3, 0.4) is 0 Å². The lowest BCUT2D eigenvalue weighted by Crippen LogP contribution is -2.39. The van der Waals surface area contributed by atoms with Crippen molar-refractivity contribution < 1.29 is 27.1 Å². The highest BCUT2D eigenvalue weighted by Crippen LogP contribution is 2.27. The van der Waals surface area contributed by atoms with Crippen LogP contribution in [0.1, 0.15) is 33.6 Å². The molecular formula is C17H22F3N3O3. The monoisotopic (exact) mass is 373 g/mol. The summed E-state index contributed by atoms with van der Waals surface area (Å²) in [6, 6.07) is 3.89. The van der Waals surface area contributed by atoms with E-state index in [1.165, 1.54) is 0 Å². The molecule has 144 valence electrons. The molecule has 6 nitrogen and oxygen atoms in total. The van der Waals surface area contributed by atoms with Crippen molar-refractivity contribution in [1.82, 2.24) is 10.3 Å². The van der Waals surface area contributed by atoms with Gasteiger partial charge in [-0.05, 0) is 25.1 Å². The zero-order valence-corrected chi connectivity index (χ0v) is 15.0. The summed E-state index contributed by atoms with van der Waals surface area (Å²) in [6.45, 7) is 5.89. The van der Waals surface area contributed by atoms with E-state index < -0.39 is 24.9 Å². The molecule has 26 heavy (non-hydrogen) atoms. The minimum absolute atomic E-state index is 0.240. The standard InChI is InChI=1S/C17H22F3N3O3/c1-10(8-25-9-17(18,19)20)21-15(24)22-11-5-6-13-12(7-11)23-14(26-13)16(2,3)4/h5-7,10H,8-9H2,1-4H3,(H2,21,22,24)/t10-/m1/s1. The molecule has 0 saturated carbocycles. The third kappa shape index (κ3) is 5.91. The topological polar surface area (TPSA) is 76.4 Å². The van der Waals surface area contributed by atoms with Crippen molar-refractivity contribution in [1.29, 1.82) is 0 Å². The summed E-state index contributed by atoms with van der Waals surface area (Å²) >= 11 is 0. The minimum atomic E-state index is -4.39. The van der Waals surface area contributed by atoms with Gasteiger partial charge >= 0.3 is 12.2 Å². The Morgan fingerprint density at radius 1 is 1.31 bits per heavy atom. The first-order valence-electron chi connectivity index (χ1n) is 8.07. The van der Waals surface area contributed by atoms with Gasteiger partial charge in [-0.15, -0.1) is 0 Å². The van der Waals surface area contributed by atoms with Gasteiger partial charge in [0.15, 0.2) is 5.58 Å². The number of ether oxygens (including phenoxy) is 1. The van der Waals surface area contributed by atoms with Gasteiger partial charge in [0.2, 0.25) is 5.89 Å². The molecule has 2 amide bonds. The highest BCUT2D eigenvalue weighted by atomic mass is 19.4. The van der Waals surface area contributed by atoms with Gasteiger partial charge in [0.1, 0.15) is 12.1 Å². The first-order chi connectivity index (χ1) is 11.9. The number of anilines is 1. The number of aromatic nitrogens is 1. The fourth-order valence-corrected chi connectivity index (χ4v) is 2.11. The summed E-state index contributed by atoms with van der Waals surface area (Å²) in [5, 5.41) is 5.12. The Balaban J connectivity index is 1.92. The van der Waals surface area contributed by atoms with Crippen LogP contribution in [0.2, 0.25) is 0 Å². The van der Waals surface area contributed by atoms with Crippen molar-refractivity contribution in [3.05, 3.63) is 24.1 Å². The predicted molar refractivity (Wildman–Crippen MR) is 91.2 cm³/mol. The molecule has 1 atom stereocenters. The van der Waals surface area contributed by atoms with Crippen molar-refractivity contribution in [3.63, 3.8) is 0 Å². The van der Waals surface area contributed by atoms with E-state index in [9.17, 15) is 18.0 Å². The Kier molecular flexibility index (Phi) is 5.80. The molecule has 0 fully saturated rings. The first kappa shape index (κ1) is 20.0. The number of alkyl halides is 3. The highest BCUT2D eigenvalue weighted by molar-refractivity contribution is 5.91. The molecule has 0 aliphatic carbocycles. The molecule has 0 saturated heterocycles. The number of benzene rings is 1. The van der Waals surface area contributed by atoms with Crippen LogP contribution in [0.4, 0.5) is 23.7 Å². The van der Waals surface area contributed by atoms with Gasteiger partial charge in [0.05, 0.1) is 12.6 Å². The van der Waals surface area contributed by atoms with E-state index in [0.717, 1.165) is 0 Å². The number of hydrogen-bond acceptors (Lipinski definition) is 4.